The van der Waals surface area contributed by atoms with Crippen molar-refractivity contribution in [1.82, 2.24) is 14.5 Å². The first-order valence-electron chi connectivity index (χ1n) is 9.61. The number of ether oxygens (including phenoxy) is 2. The monoisotopic (exact) mass is 392 g/mol. The lowest BCUT2D eigenvalue weighted by Crippen LogP contribution is -1.99. The van der Waals surface area contributed by atoms with E-state index >= 15 is 0 Å². The molecule has 3 heterocycles. The molecule has 0 atom stereocenters. The van der Waals surface area contributed by atoms with Gasteiger partial charge in [0.05, 0.1) is 29.2 Å². The summed E-state index contributed by atoms with van der Waals surface area (Å²) >= 11 is 0. The molecule has 7 nitrogen and oxygen atoms in total. The van der Waals surface area contributed by atoms with Gasteiger partial charge in [-0.25, -0.2) is 4.98 Å². The van der Waals surface area contributed by atoms with E-state index in [1.54, 1.807) is 0 Å². The van der Waals surface area contributed by atoms with E-state index in [2.05, 4.69) is 12.1 Å². The van der Waals surface area contributed by atoms with Gasteiger partial charge < -0.3 is 24.1 Å². The molecule has 150 valence electrons. The topological polar surface area (TPSA) is 87.8 Å². The molecule has 0 amide bonds. The lowest BCUT2D eigenvalue weighted by atomic mass is 10.1. The highest BCUT2D eigenvalue weighted by atomic mass is 16.5. The van der Waals surface area contributed by atoms with E-state index in [0.29, 0.717) is 30.4 Å². The Morgan fingerprint density at radius 3 is 2.72 bits per heavy atom. The Morgan fingerprint density at radius 2 is 2.00 bits per heavy atom. The van der Waals surface area contributed by atoms with Crippen LogP contribution in [0.3, 0.4) is 0 Å². The average Bonchev–Trinajstić information content (AvgIpc) is 3.29. The average molecular weight is 392 g/mol. The van der Waals surface area contributed by atoms with Crippen LogP contribution in [0.1, 0.15) is 30.4 Å². The fourth-order valence-corrected chi connectivity index (χ4v) is 3.15. The number of aryl methyl sites for hydroxylation is 2. The smallest absolute Gasteiger partial charge is 0.180 e. The van der Waals surface area contributed by atoms with Crippen LogP contribution in [0.5, 0.6) is 11.5 Å². The van der Waals surface area contributed by atoms with E-state index < -0.39 is 0 Å². The van der Waals surface area contributed by atoms with Crippen molar-refractivity contribution >= 4 is 11.3 Å². The summed E-state index contributed by atoms with van der Waals surface area (Å²) in [6, 6.07) is 9.57. The van der Waals surface area contributed by atoms with E-state index in [-0.39, 0.29) is 0 Å². The van der Waals surface area contributed by atoms with E-state index in [0.717, 1.165) is 40.3 Å². The molecule has 0 fully saturated rings. The molecule has 0 aliphatic rings. The van der Waals surface area contributed by atoms with Crippen molar-refractivity contribution in [3.63, 3.8) is 0 Å². The van der Waals surface area contributed by atoms with Gasteiger partial charge in [-0.1, -0.05) is 12.1 Å². The fraction of sp³-hybridized carbons (Fsp3) is 0.273. The number of hydrogen-bond donors (Lipinski definition) is 1. The Morgan fingerprint density at radius 1 is 1.14 bits per heavy atom. The molecule has 0 saturated heterocycles. The summed E-state index contributed by atoms with van der Waals surface area (Å²) in [5, 5.41) is 3.97. The van der Waals surface area contributed by atoms with E-state index in [1.807, 2.05) is 61.0 Å². The first-order valence-corrected chi connectivity index (χ1v) is 9.61. The number of benzene rings is 1. The lowest BCUT2D eigenvalue weighted by Gasteiger charge is -2.08. The van der Waals surface area contributed by atoms with E-state index in [9.17, 15) is 0 Å². The Kier molecular flexibility index (Phi) is 5.12. The Balaban J connectivity index is 1.61. The highest BCUT2D eigenvalue weighted by Crippen LogP contribution is 2.30. The highest BCUT2D eigenvalue weighted by Gasteiger charge is 2.13. The van der Waals surface area contributed by atoms with Crippen LogP contribution in [0.25, 0.3) is 16.9 Å². The van der Waals surface area contributed by atoms with Crippen LogP contribution in [-0.4, -0.2) is 21.1 Å². The third kappa shape index (κ3) is 3.76. The molecule has 1 aromatic carbocycles. The first kappa shape index (κ1) is 18.9. The summed E-state index contributed by atoms with van der Waals surface area (Å²) in [5.41, 5.74) is 11.0. The van der Waals surface area contributed by atoms with Crippen molar-refractivity contribution in [3.8, 4) is 22.8 Å². The molecular formula is C22H24N4O3. The quantitative estimate of drug-likeness (QED) is 0.464. The number of anilines is 1. The second-order valence-electron chi connectivity index (χ2n) is 6.92. The Labute approximate surface area is 169 Å². The number of nitrogens with two attached hydrogens (primary N) is 1. The molecule has 4 aromatic rings. The Hall–Kier alpha value is -3.48. The summed E-state index contributed by atoms with van der Waals surface area (Å²) in [6.07, 6.45) is 4.83. The second-order valence-corrected chi connectivity index (χ2v) is 6.92. The van der Waals surface area contributed by atoms with E-state index in [1.165, 1.54) is 0 Å². The molecule has 0 bridgehead atoms. The largest absolute Gasteiger partial charge is 0.491 e. The van der Waals surface area contributed by atoms with Gasteiger partial charge in [0.15, 0.2) is 11.4 Å². The molecule has 0 aliphatic carbocycles. The molecule has 0 saturated carbocycles. The molecule has 0 spiro atoms. The van der Waals surface area contributed by atoms with Gasteiger partial charge in [0.1, 0.15) is 18.1 Å². The predicted molar refractivity (Wildman–Crippen MR) is 111 cm³/mol. The lowest BCUT2D eigenvalue weighted by molar-refractivity contribution is 0.303. The summed E-state index contributed by atoms with van der Waals surface area (Å²) in [5.74, 6) is 2.15. The van der Waals surface area contributed by atoms with Crippen molar-refractivity contribution in [3.05, 3.63) is 59.7 Å². The number of imidazole rings is 1. The Bertz CT molecular complexity index is 1130. The van der Waals surface area contributed by atoms with E-state index in [4.69, 9.17) is 24.7 Å². The van der Waals surface area contributed by atoms with Crippen LogP contribution in [0.15, 0.2) is 47.2 Å². The van der Waals surface area contributed by atoms with Crippen LogP contribution in [0.2, 0.25) is 0 Å². The summed E-state index contributed by atoms with van der Waals surface area (Å²) in [7, 11) is 0. The maximum absolute atomic E-state index is 6.15. The molecule has 3 aromatic heterocycles. The molecule has 7 heteroatoms. The zero-order chi connectivity index (χ0) is 20.4. The zero-order valence-electron chi connectivity index (χ0n) is 16.8. The fourth-order valence-electron chi connectivity index (χ4n) is 3.15. The zero-order valence-corrected chi connectivity index (χ0v) is 16.8. The third-order valence-electron chi connectivity index (χ3n) is 4.77. The van der Waals surface area contributed by atoms with Crippen LogP contribution in [0.4, 0.5) is 5.69 Å². The molecule has 29 heavy (non-hydrogen) atoms. The van der Waals surface area contributed by atoms with Crippen LogP contribution >= 0.6 is 0 Å². The summed E-state index contributed by atoms with van der Waals surface area (Å²) in [6.45, 7) is 6.86. The van der Waals surface area contributed by atoms with Gasteiger partial charge in [-0.2, -0.15) is 0 Å². The second kappa shape index (κ2) is 7.87. The van der Waals surface area contributed by atoms with Gasteiger partial charge in [0.25, 0.3) is 0 Å². The van der Waals surface area contributed by atoms with Crippen molar-refractivity contribution < 1.29 is 14.0 Å². The van der Waals surface area contributed by atoms with Crippen LogP contribution in [0, 0.1) is 13.8 Å². The minimum absolute atomic E-state index is 0.374. The SMILES string of the molecule is CCCOc1ccc(-c2cn3cccc(OCc4c(C)noc4C)c3n2)cc1N. The number of hydrogen-bond acceptors (Lipinski definition) is 6. The van der Waals surface area contributed by atoms with Gasteiger partial charge in [-0.3, -0.25) is 0 Å². The molecule has 2 N–H and O–H groups in total. The molecule has 0 aliphatic heterocycles. The van der Waals surface area contributed by atoms with Crippen molar-refractivity contribution in [2.75, 3.05) is 12.3 Å². The van der Waals surface area contributed by atoms with Crippen molar-refractivity contribution in [1.29, 1.82) is 0 Å². The molecule has 4 rings (SSSR count). The van der Waals surface area contributed by atoms with Gasteiger partial charge in [0, 0.05) is 18.0 Å². The molecular weight excluding hydrogens is 368 g/mol. The number of aromatic nitrogens is 3. The first-order chi connectivity index (χ1) is 14.1. The van der Waals surface area contributed by atoms with Crippen molar-refractivity contribution in [2.24, 2.45) is 0 Å². The van der Waals surface area contributed by atoms with Gasteiger partial charge in [-0.15, -0.1) is 0 Å². The minimum Gasteiger partial charge on any atom is -0.491 e. The highest BCUT2D eigenvalue weighted by molar-refractivity contribution is 5.71. The minimum atomic E-state index is 0.374. The van der Waals surface area contributed by atoms with Gasteiger partial charge in [-0.05, 0) is 50.6 Å². The summed E-state index contributed by atoms with van der Waals surface area (Å²) < 4.78 is 18.8. The number of rotatable bonds is 7. The number of nitrogen functional groups attached to an aromatic ring is 1. The van der Waals surface area contributed by atoms with Gasteiger partial charge in [0.2, 0.25) is 0 Å². The van der Waals surface area contributed by atoms with Crippen LogP contribution in [-0.2, 0) is 6.61 Å². The summed E-state index contributed by atoms with van der Waals surface area (Å²) in [4.78, 5) is 4.76. The van der Waals surface area contributed by atoms with Crippen molar-refractivity contribution in [2.45, 2.75) is 33.8 Å². The number of fused-ring (bicyclic) bond motifs is 1. The van der Waals surface area contributed by atoms with Gasteiger partial charge >= 0.3 is 0 Å². The maximum Gasteiger partial charge on any atom is 0.180 e. The third-order valence-corrected chi connectivity index (χ3v) is 4.77. The maximum atomic E-state index is 6.15. The predicted octanol–water partition coefficient (Wildman–Crippen LogP) is 4.56. The standard InChI is InChI=1S/C22H24N4O3/c1-4-10-27-20-8-7-16(11-18(20)23)19-12-26-9-5-6-21(22(26)24-19)28-13-17-14(2)25-29-15(17)3/h5-9,11-12H,4,10,13,23H2,1-3H3. The number of pyridine rings is 1. The number of nitrogens with zero attached hydrogens (tertiary/aromatic N) is 3. The molecule has 0 radical (unpaired) electrons. The molecule has 0 unspecified atom stereocenters. The van der Waals surface area contributed by atoms with Crippen LogP contribution < -0.4 is 15.2 Å². The normalized spacial score (nSPS) is 11.1.